The molecule has 5 nitrogen and oxygen atoms in total. The van der Waals surface area contributed by atoms with Crippen LogP contribution in [0.25, 0.3) is 12.2 Å². The Morgan fingerprint density at radius 3 is 1.76 bits per heavy atom. The van der Waals surface area contributed by atoms with Gasteiger partial charge in [0.05, 0.1) is 20.8 Å². The predicted octanol–water partition coefficient (Wildman–Crippen LogP) is 7.87. The third-order valence-corrected chi connectivity index (χ3v) is 10.7. The first-order valence-electron chi connectivity index (χ1n) is 14.8. The Morgan fingerprint density at radius 1 is 0.711 bits per heavy atom. The molecule has 0 aliphatic rings. The second-order valence-electron chi connectivity index (χ2n) is 9.99. The standard InChI is InChI=1S/C39H36NO4P/c1-3-43-39(41)36(30-32-21-16-28-37(42-2)38(32)44-29-17-20-31-18-8-4-9-19-31)40-45(33-22-10-5-11-23-33,34-24-12-6-13-25-34)35-26-14-7-15-27-35/h4-28,30H,3,29H2,1-2H3/b20-17+,36-30-. The van der Waals surface area contributed by atoms with Crippen molar-refractivity contribution in [1.29, 1.82) is 0 Å². The molecule has 226 valence electrons. The van der Waals surface area contributed by atoms with Crippen LogP contribution in [0.5, 0.6) is 11.5 Å². The highest BCUT2D eigenvalue weighted by atomic mass is 31.2. The van der Waals surface area contributed by atoms with Crippen LogP contribution >= 0.6 is 7.05 Å². The molecule has 0 atom stereocenters. The second-order valence-corrected chi connectivity index (χ2v) is 13.0. The SMILES string of the molecule is CCOC(=O)/C(=C/c1cccc(OC)c1OC/C=C/c1ccccc1)N=P(c1ccccc1)(c1ccccc1)c1ccccc1. The van der Waals surface area contributed by atoms with E-state index in [1.807, 2.05) is 115 Å². The molecular formula is C39H36NO4P. The smallest absolute Gasteiger partial charge is 0.356 e. The maximum Gasteiger partial charge on any atom is 0.356 e. The molecule has 5 aromatic carbocycles. The first kappa shape index (κ1) is 31.3. The van der Waals surface area contributed by atoms with Gasteiger partial charge in [-0.3, -0.25) is 0 Å². The Kier molecular flexibility index (Phi) is 10.8. The van der Waals surface area contributed by atoms with Gasteiger partial charge in [-0.1, -0.05) is 140 Å². The highest BCUT2D eigenvalue weighted by Gasteiger charge is 2.29. The average molecular weight is 614 g/mol. The molecule has 0 bridgehead atoms. The van der Waals surface area contributed by atoms with Crippen molar-refractivity contribution in [3.63, 3.8) is 0 Å². The Morgan fingerprint density at radius 2 is 1.24 bits per heavy atom. The van der Waals surface area contributed by atoms with Crippen molar-refractivity contribution < 1.29 is 19.0 Å². The Balaban J connectivity index is 1.71. The lowest BCUT2D eigenvalue weighted by atomic mass is 10.1. The average Bonchev–Trinajstić information content (AvgIpc) is 3.10. The molecule has 0 N–H and O–H groups in total. The van der Waals surface area contributed by atoms with Crippen molar-refractivity contribution in [2.45, 2.75) is 6.92 Å². The summed E-state index contributed by atoms with van der Waals surface area (Å²) in [5.74, 6) is 0.551. The summed E-state index contributed by atoms with van der Waals surface area (Å²) < 4.78 is 23.0. The quantitative estimate of drug-likeness (QED) is 0.0817. The summed E-state index contributed by atoms with van der Waals surface area (Å²) in [6.07, 6.45) is 5.70. The second kappa shape index (κ2) is 15.6. The van der Waals surface area contributed by atoms with Crippen molar-refractivity contribution in [1.82, 2.24) is 0 Å². The largest absolute Gasteiger partial charge is 0.493 e. The van der Waals surface area contributed by atoms with E-state index in [1.165, 1.54) is 0 Å². The normalized spacial score (nSPS) is 11.6. The van der Waals surface area contributed by atoms with Crippen molar-refractivity contribution in [2.24, 2.45) is 4.74 Å². The molecule has 45 heavy (non-hydrogen) atoms. The van der Waals surface area contributed by atoms with Gasteiger partial charge >= 0.3 is 5.97 Å². The lowest BCUT2D eigenvalue weighted by Gasteiger charge is -2.27. The van der Waals surface area contributed by atoms with E-state index in [0.29, 0.717) is 23.7 Å². The van der Waals surface area contributed by atoms with Crippen molar-refractivity contribution in [3.05, 3.63) is 162 Å². The zero-order valence-corrected chi connectivity index (χ0v) is 26.3. The van der Waals surface area contributed by atoms with Gasteiger partial charge in [0.25, 0.3) is 0 Å². The monoisotopic (exact) mass is 613 g/mol. The summed E-state index contributed by atoms with van der Waals surface area (Å²) in [5.41, 5.74) is 1.92. The van der Waals surface area contributed by atoms with Crippen LogP contribution in [-0.2, 0) is 9.53 Å². The summed E-state index contributed by atoms with van der Waals surface area (Å²) in [6.45, 7) is 2.31. The van der Waals surface area contributed by atoms with Gasteiger partial charge in [0, 0.05) is 21.5 Å². The first-order valence-corrected chi connectivity index (χ1v) is 16.6. The van der Waals surface area contributed by atoms with Gasteiger partial charge in [-0.2, -0.15) is 0 Å². The van der Waals surface area contributed by atoms with E-state index in [9.17, 15) is 4.79 Å². The van der Waals surface area contributed by atoms with Gasteiger partial charge in [0.15, 0.2) is 11.5 Å². The molecule has 0 saturated heterocycles. The Bertz CT molecular complexity index is 1700. The number of carbonyl (C=O) groups is 1. The lowest BCUT2D eigenvalue weighted by Crippen LogP contribution is -2.26. The third-order valence-electron chi connectivity index (χ3n) is 7.09. The molecule has 0 unspecified atom stereocenters. The number of carbonyl (C=O) groups excluding carboxylic acids is 1. The molecule has 5 aromatic rings. The molecule has 0 fully saturated rings. The maximum absolute atomic E-state index is 13.8. The minimum Gasteiger partial charge on any atom is -0.493 e. The van der Waals surface area contributed by atoms with Crippen molar-refractivity contribution in [2.75, 3.05) is 20.3 Å². The van der Waals surface area contributed by atoms with Gasteiger partial charge < -0.3 is 14.2 Å². The summed E-state index contributed by atoms with van der Waals surface area (Å²) in [5, 5.41) is 3.06. The summed E-state index contributed by atoms with van der Waals surface area (Å²) >= 11 is 0. The van der Waals surface area contributed by atoms with E-state index in [-0.39, 0.29) is 12.3 Å². The molecule has 0 aromatic heterocycles. The molecule has 6 heteroatoms. The fraction of sp³-hybridized carbons (Fsp3) is 0.103. The van der Waals surface area contributed by atoms with E-state index < -0.39 is 13.0 Å². The number of rotatable bonds is 12. The van der Waals surface area contributed by atoms with E-state index in [1.54, 1.807) is 20.1 Å². The van der Waals surface area contributed by atoms with Gasteiger partial charge in [-0.15, -0.1) is 0 Å². The molecule has 0 heterocycles. The van der Waals surface area contributed by atoms with E-state index >= 15 is 0 Å². The van der Waals surface area contributed by atoms with Crippen molar-refractivity contribution >= 4 is 41.1 Å². The van der Waals surface area contributed by atoms with Crippen molar-refractivity contribution in [3.8, 4) is 11.5 Å². The number of nitrogens with zero attached hydrogens (tertiary/aromatic N) is 1. The predicted molar refractivity (Wildman–Crippen MR) is 186 cm³/mol. The molecule has 0 amide bonds. The van der Waals surface area contributed by atoms with E-state index in [4.69, 9.17) is 19.0 Å². The molecule has 0 saturated carbocycles. The first-order chi connectivity index (χ1) is 22.2. The maximum atomic E-state index is 13.8. The fourth-order valence-electron chi connectivity index (χ4n) is 5.04. The molecule has 5 rings (SSSR count). The Labute approximate surface area is 265 Å². The number of esters is 1. The van der Waals surface area contributed by atoms with E-state index in [0.717, 1.165) is 21.5 Å². The summed E-state index contributed by atoms with van der Waals surface area (Å²) in [7, 11) is -1.15. The zero-order valence-electron chi connectivity index (χ0n) is 25.5. The highest BCUT2D eigenvalue weighted by Crippen LogP contribution is 2.48. The molecular weight excluding hydrogens is 577 g/mol. The molecule has 0 radical (unpaired) electrons. The third kappa shape index (κ3) is 7.52. The molecule has 0 aliphatic heterocycles. The number of hydrogen-bond acceptors (Lipinski definition) is 5. The van der Waals surface area contributed by atoms with Crippen LogP contribution in [0.15, 0.2) is 156 Å². The van der Waals surface area contributed by atoms with Gasteiger partial charge in [-0.05, 0) is 30.7 Å². The van der Waals surface area contributed by atoms with Crippen LogP contribution in [0.2, 0.25) is 0 Å². The number of hydrogen-bond donors (Lipinski definition) is 0. The van der Waals surface area contributed by atoms with Crippen LogP contribution in [0.4, 0.5) is 0 Å². The van der Waals surface area contributed by atoms with Gasteiger partial charge in [0.2, 0.25) is 0 Å². The van der Waals surface area contributed by atoms with Crippen LogP contribution in [-0.4, -0.2) is 26.3 Å². The highest BCUT2D eigenvalue weighted by molar-refractivity contribution is 7.87. The lowest BCUT2D eigenvalue weighted by molar-refractivity contribution is -0.138. The van der Waals surface area contributed by atoms with Crippen LogP contribution in [0.1, 0.15) is 18.1 Å². The fourth-order valence-corrected chi connectivity index (χ4v) is 8.55. The summed E-state index contributed by atoms with van der Waals surface area (Å²) in [4.78, 5) is 13.8. The van der Waals surface area contributed by atoms with Crippen LogP contribution in [0.3, 0.4) is 0 Å². The number of para-hydroxylation sites is 1. The van der Waals surface area contributed by atoms with Crippen LogP contribution in [0, 0.1) is 0 Å². The number of benzene rings is 5. The summed E-state index contributed by atoms with van der Waals surface area (Å²) in [6, 6.07) is 46.1. The zero-order chi connectivity index (χ0) is 31.3. The van der Waals surface area contributed by atoms with Crippen LogP contribution < -0.4 is 25.4 Å². The Hall–Kier alpha value is -5.12. The molecule has 0 aliphatic carbocycles. The number of ether oxygens (including phenoxy) is 3. The minimum atomic E-state index is -2.75. The minimum absolute atomic E-state index is 0.194. The van der Waals surface area contributed by atoms with E-state index in [2.05, 4.69) is 36.4 Å². The molecule has 0 spiro atoms. The van der Waals surface area contributed by atoms with Gasteiger partial charge in [0.1, 0.15) is 12.3 Å². The number of methoxy groups -OCH3 is 1. The topological polar surface area (TPSA) is 57.1 Å². The van der Waals surface area contributed by atoms with Gasteiger partial charge in [-0.25, -0.2) is 9.54 Å².